The molecule has 1 aliphatic heterocycles. The molecule has 0 aliphatic carbocycles. The third kappa shape index (κ3) is 3.11. The zero-order chi connectivity index (χ0) is 17.4. The molecule has 1 aliphatic rings. The Balaban J connectivity index is 1.55. The van der Waals surface area contributed by atoms with E-state index in [-0.39, 0.29) is 11.8 Å². The summed E-state index contributed by atoms with van der Waals surface area (Å²) in [5, 5.41) is 13.2. The Labute approximate surface area is 154 Å². The zero-order valence-electron chi connectivity index (χ0n) is 14.2. The number of carbonyl (C=O) groups is 1. The van der Waals surface area contributed by atoms with E-state index in [1.54, 1.807) is 17.7 Å². The second-order valence-corrected chi connectivity index (χ2v) is 8.12. The van der Waals surface area contributed by atoms with Crippen molar-refractivity contribution in [3.8, 4) is 10.6 Å². The van der Waals surface area contributed by atoms with Gasteiger partial charge in [0.25, 0.3) is 5.91 Å². The fourth-order valence-electron chi connectivity index (χ4n) is 3.28. The van der Waals surface area contributed by atoms with Crippen molar-refractivity contribution in [1.82, 2.24) is 24.6 Å². The van der Waals surface area contributed by atoms with Gasteiger partial charge in [-0.05, 0) is 31.2 Å². The monoisotopic (exact) mass is 373 g/mol. The van der Waals surface area contributed by atoms with Gasteiger partial charge in [-0.25, -0.2) is 4.98 Å². The molecule has 0 bridgehead atoms. The summed E-state index contributed by atoms with van der Waals surface area (Å²) in [4.78, 5) is 20.4. The largest absolute Gasteiger partial charge is 0.337 e. The van der Waals surface area contributed by atoms with E-state index < -0.39 is 0 Å². The van der Waals surface area contributed by atoms with Crippen LogP contribution in [0.15, 0.2) is 23.2 Å². The first-order chi connectivity index (χ1) is 12.1. The highest BCUT2D eigenvalue weighted by Gasteiger charge is 2.30. The lowest BCUT2D eigenvalue weighted by molar-refractivity contribution is 0.0707. The summed E-state index contributed by atoms with van der Waals surface area (Å²) in [7, 11) is 1.95. The highest BCUT2D eigenvalue weighted by Crippen LogP contribution is 2.32. The van der Waals surface area contributed by atoms with E-state index in [1.807, 2.05) is 34.9 Å². The van der Waals surface area contributed by atoms with Crippen molar-refractivity contribution in [2.45, 2.75) is 25.7 Å². The first kappa shape index (κ1) is 16.4. The summed E-state index contributed by atoms with van der Waals surface area (Å²) in [5.74, 6) is 1.29. The molecule has 0 N–H and O–H groups in total. The predicted molar refractivity (Wildman–Crippen MR) is 99.0 cm³/mol. The van der Waals surface area contributed by atoms with Crippen LogP contribution in [-0.4, -0.2) is 43.6 Å². The van der Waals surface area contributed by atoms with Crippen LogP contribution >= 0.6 is 22.7 Å². The maximum Gasteiger partial charge on any atom is 0.265 e. The zero-order valence-corrected chi connectivity index (χ0v) is 15.8. The lowest BCUT2D eigenvalue weighted by atomic mass is 9.97. The Kier molecular flexibility index (Phi) is 4.39. The number of rotatable bonds is 3. The number of thiophene rings is 1. The molecule has 1 saturated heterocycles. The molecule has 0 saturated carbocycles. The lowest BCUT2D eigenvalue weighted by Gasteiger charge is -2.32. The fourth-order valence-corrected chi connectivity index (χ4v) is 5.03. The van der Waals surface area contributed by atoms with Crippen LogP contribution in [-0.2, 0) is 7.05 Å². The molecule has 1 amide bonds. The minimum absolute atomic E-state index is 0.0864. The molecule has 25 heavy (non-hydrogen) atoms. The van der Waals surface area contributed by atoms with Crippen molar-refractivity contribution in [3.05, 3.63) is 39.5 Å². The van der Waals surface area contributed by atoms with E-state index in [4.69, 9.17) is 0 Å². The van der Waals surface area contributed by atoms with Gasteiger partial charge < -0.3 is 9.47 Å². The molecule has 4 heterocycles. The minimum atomic E-state index is 0.0864. The molecular formula is C17H19N5OS2. The number of amides is 1. The van der Waals surface area contributed by atoms with Crippen molar-refractivity contribution in [2.75, 3.05) is 13.1 Å². The quantitative estimate of drug-likeness (QED) is 0.706. The number of likely N-dealkylation sites (tertiary alicyclic amines) is 1. The van der Waals surface area contributed by atoms with E-state index in [2.05, 4.69) is 20.6 Å². The number of carbonyl (C=O) groups excluding carboxylic acids is 1. The van der Waals surface area contributed by atoms with Crippen molar-refractivity contribution in [3.63, 3.8) is 0 Å². The predicted octanol–water partition coefficient (Wildman–Crippen LogP) is 3.33. The highest BCUT2D eigenvalue weighted by molar-refractivity contribution is 7.17. The van der Waals surface area contributed by atoms with Crippen LogP contribution in [0.1, 0.15) is 39.9 Å². The Hall–Kier alpha value is -2.06. The van der Waals surface area contributed by atoms with Crippen LogP contribution in [0.5, 0.6) is 0 Å². The fraction of sp³-hybridized carbons (Fsp3) is 0.412. The third-order valence-electron chi connectivity index (χ3n) is 4.58. The number of hydrogen-bond acceptors (Lipinski definition) is 6. The Morgan fingerprint density at radius 3 is 3.00 bits per heavy atom. The molecule has 1 fully saturated rings. The Morgan fingerprint density at radius 1 is 1.40 bits per heavy atom. The maximum atomic E-state index is 13.1. The van der Waals surface area contributed by atoms with Gasteiger partial charge in [0, 0.05) is 37.0 Å². The number of piperidine rings is 1. The smallest absolute Gasteiger partial charge is 0.265 e. The first-order valence-corrected chi connectivity index (χ1v) is 10.0. The molecular weight excluding hydrogens is 354 g/mol. The van der Waals surface area contributed by atoms with Crippen LogP contribution < -0.4 is 0 Å². The van der Waals surface area contributed by atoms with E-state index in [0.717, 1.165) is 46.4 Å². The van der Waals surface area contributed by atoms with E-state index in [0.29, 0.717) is 6.54 Å². The minimum Gasteiger partial charge on any atom is -0.337 e. The molecule has 6 nitrogen and oxygen atoms in total. The van der Waals surface area contributed by atoms with Crippen molar-refractivity contribution in [2.24, 2.45) is 7.05 Å². The number of aromatic nitrogens is 4. The van der Waals surface area contributed by atoms with Gasteiger partial charge in [0.15, 0.2) is 0 Å². The van der Waals surface area contributed by atoms with E-state index in [9.17, 15) is 4.79 Å². The van der Waals surface area contributed by atoms with Gasteiger partial charge in [0.2, 0.25) is 0 Å². The topological polar surface area (TPSA) is 63.9 Å². The van der Waals surface area contributed by atoms with Crippen LogP contribution in [0.25, 0.3) is 10.6 Å². The molecule has 8 heteroatoms. The molecule has 1 atom stereocenters. The number of nitrogens with zero attached hydrogens (tertiary/aromatic N) is 5. The molecule has 0 spiro atoms. The molecule has 0 aromatic carbocycles. The van der Waals surface area contributed by atoms with Gasteiger partial charge in [0.05, 0.1) is 5.69 Å². The van der Waals surface area contributed by atoms with Gasteiger partial charge in [-0.3, -0.25) is 4.79 Å². The normalized spacial score (nSPS) is 17.8. The Morgan fingerprint density at radius 2 is 2.28 bits per heavy atom. The standard InChI is InChI=1S/C17H19N5OS2/c1-11-14(25-16(19-11)13-5-7-24-9-13)17(23)22-6-3-4-12(8-22)15-20-18-10-21(15)2/h5,7,9-10,12H,3-4,6,8H2,1-2H3/t12-/m1/s1. The number of thiazole rings is 1. The summed E-state index contributed by atoms with van der Waals surface area (Å²) in [6.07, 6.45) is 3.74. The summed E-state index contributed by atoms with van der Waals surface area (Å²) < 4.78 is 1.95. The van der Waals surface area contributed by atoms with Gasteiger partial charge >= 0.3 is 0 Å². The van der Waals surface area contributed by atoms with Gasteiger partial charge in [-0.15, -0.1) is 21.5 Å². The molecule has 0 radical (unpaired) electrons. The van der Waals surface area contributed by atoms with Crippen molar-refractivity contribution < 1.29 is 4.79 Å². The third-order valence-corrected chi connectivity index (χ3v) is 6.46. The average molecular weight is 374 g/mol. The molecule has 0 unspecified atom stereocenters. The molecule has 130 valence electrons. The molecule has 3 aromatic heterocycles. The van der Waals surface area contributed by atoms with Crippen molar-refractivity contribution >= 4 is 28.6 Å². The van der Waals surface area contributed by atoms with Crippen LogP contribution in [0, 0.1) is 6.92 Å². The number of aryl methyl sites for hydroxylation is 2. The highest BCUT2D eigenvalue weighted by atomic mass is 32.1. The molecule has 4 rings (SSSR count). The summed E-state index contributed by atoms with van der Waals surface area (Å²) in [6.45, 7) is 3.40. The van der Waals surface area contributed by atoms with Crippen LogP contribution in [0.3, 0.4) is 0 Å². The summed E-state index contributed by atoms with van der Waals surface area (Å²) >= 11 is 3.13. The van der Waals surface area contributed by atoms with Crippen LogP contribution in [0.4, 0.5) is 0 Å². The SMILES string of the molecule is Cc1nc(-c2ccsc2)sc1C(=O)N1CCC[C@@H](c2nncn2C)C1. The first-order valence-electron chi connectivity index (χ1n) is 8.26. The second kappa shape index (κ2) is 6.68. The summed E-state index contributed by atoms with van der Waals surface area (Å²) in [6, 6.07) is 2.04. The average Bonchev–Trinajstić information content (AvgIpc) is 3.35. The van der Waals surface area contributed by atoms with E-state index >= 15 is 0 Å². The van der Waals surface area contributed by atoms with Gasteiger partial charge in [-0.2, -0.15) is 11.3 Å². The van der Waals surface area contributed by atoms with Gasteiger partial charge in [0.1, 0.15) is 22.0 Å². The van der Waals surface area contributed by atoms with E-state index in [1.165, 1.54) is 11.3 Å². The Bertz CT molecular complexity index is 883. The maximum absolute atomic E-state index is 13.1. The van der Waals surface area contributed by atoms with Crippen LogP contribution in [0.2, 0.25) is 0 Å². The lowest BCUT2D eigenvalue weighted by Crippen LogP contribution is -2.39. The second-order valence-electron chi connectivity index (χ2n) is 6.34. The van der Waals surface area contributed by atoms with Crippen molar-refractivity contribution in [1.29, 1.82) is 0 Å². The molecule has 3 aromatic rings. The summed E-state index contributed by atoms with van der Waals surface area (Å²) in [5.41, 5.74) is 1.91. The van der Waals surface area contributed by atoms with Gasteiger partial charge in [-0.1, -0.05) is 0 Å². The number of hydrogen-bond donors (Lipinski definition) is 0.